The van der Waals surface area contributed by atoms with E-state index in [9.17, 15) is 14.4 Å². The molecule has 1 fully saturated rings. The van der Waals surface area contributed by atoms with Gasteiger partial charge in [-0.05, 0) is 30.9 Å². The zero-order valence-corrected chi connectivity index (χ0v) is 15.3. The zero-order valence-electron chi connectivity index (χ0n) is 15.3. The summed E-state index contributed by atoms with van der Waals surface area (Å²) in [5.74, 6) is -0.220. The maximum atomic E-state index is 12.1. The fraction of sp³-hybridized carbons (Fsp3) is 0.450. The van der Waals surface area contributed by atoms with Crippen LogP contribution in [0.4, 0.5) is 4.79 Å². The zero-order chi connectivity index (χ0) is 19.2. The van der Waals surface area contributed by atoms with Crippen molar-refractivity contribution in [2.24, 2.45) is 5.92 Å². The summed E-state index contributed by atoms with van der Waals surface area (Å²) in [7, 11) is 0. The third kappa shape index (κ3) is 5.09. The molecule has 7 nitrogen and oxygen atoms in total. The lowest BCUT2D eigenvalue weighted by Crippen LogP contribution is -2.48. The highest BCUT2D eigenvalue weighted by Crippen LogP contribution is 2.26. The van der Waals surface area contributed by atoms with E-state index in [0.29, 0.717) is 17.2 Å². The highest BCUT2D eigenvalue weighted by atomic mass is 16.5. The molecule has 0 unspecified atom stereocenters. The first kappa shape index (κ1) is 18.9. The number of urea groups is 1. The molecule has 1 saturated carbocycles. The van der Waals surface area contributed by atoms with Crippen LogP contribution in [-0.2, 0) is 14.3 Å². The quantitative estimate of drug-likeness (QED) is 0.792. The summed E-state index contributed by atoms with van der Waals surface area (Å²) in [4.78, 5) is 35.9. The lowest BCUT2D eigenvalue weighted by atomic mass is 9.86. The number of carbonyl (C=O) groups is 3. The van der Waals surface area contributed by atoms with E-state index in [1.807, 2.05) is 24.3 Å². The molecular weight excluding hydrogens is 348 g/mol. The van der Waals surface area contributed by atoms with Gasteiger partial charge < -0.3 is 14.8 Å². The van der Waals surface area contributed by atoms with Crippen LogP contribution >= 0.6 is 0 Å². The third-order valence-electron chi connectivity index (χ3n) is 4.91. The number of carbonyl (C=O) groups excluding carboxylic acids is 3. The lowest BCUT2D eigenvalue weighted by molar-refractivity contribution is -0.144. The van der Waals surface area contributed by atoms with Gasteiger partial charge in [-0.1, -0.05) is 38.0 Å². The third-order valence-corrected chi connectivity index (χ3v) is 4.91. The SMILES string of the molecule is C[C@@H]1CCCC[C@H]1NC(=O)NC(=O)COC(=O)C1=Cc2ccccc2OC1. The molecule has 1 heterocycles. The Kier molecular flexibility index (Phi) is 6.11. The van der Waals surface area contributed by atoms with Gasteiger partial charge in [0.2, 0.25) is 0 Å². The smallest absolute Gasteiger partial charge is 0.338 e. The number of ether oxygens (including phenoxy) is 2. The Morgan fingerprint density at radius 3 is 2.78 bits per heavy atom. The molecule has 0 radical (unpaired) electrons. The van der Waals surface area contributed by atoms with Crippen molar-refractivity contribution >= 4 is 24.0 Å². The van der Waals surface area contributed by atoms with Gasteiger partial charge in [-0.15, -0.1) is 0 Å². The first-order chi connectivity index (χ1) is 13.0. The lowest BCUT2D eigenvalue weighted by Gasteiger charge is -2.29. The Hall–Kier alpha value is -2.83. The minimum absolute atomic E-state index is 0.0683. The summed E-state index contributed by atoms with van der Waals surface area (Å²) >= 11 is 0. The Morgan fingerprint density at radius 2 is 1.96 bits per heavy atom. The maximum Gasteiger partial charge on any atom is 0.338 e. The molecule has 3 rings (SSSR count). The molecule has 0 spiro atoms. The van der Waals surface area contributed by atoms with Crippen molar-refractivity contribution in [3.63, 3.8) is 0 Å². The Labute approximate surface area is 158 Å². The van der Waals surface area contributed by atoms with Crippen LogP contribution in [0.3, 0.4) is 0 Å². The molecular formula is C20H24N2O5. The molecule has 1 aliphatic heterocycles. The van der Waals surface area contributed by atoms with Crippen molar-refractivity contribution in [2.45, 2.75) is 38.6 Å². The van der Waals surface area contributed by atoms with Crippen LogP contribution in [0.1, 0.15) is 38.2 Å². The topological polar surface area (TPSA) is 93.7 Å². The molecule has 1 aliphatic carbocycles. The number of rotatable bonds is 4. The second-order valence-corrected chi connectivity index (χ2v) is 6.96. The number of benzene rings is 1. The summed E-state index contributed by atoms with van der Waals surface area (Å²) in [5, 5.41) is 5.02. The van der Waals surface area contributed by atoms with Gasteiger partial charge >= 0.3 is 12.0 Å². The van der Waals surface area contributed by atoms with Crippen LogP contribution in [0.25, 0.3) is 6.08 Å². The van der Waals surface area contributed by atoms with Crippen molar-refractivity contribution in [3.05, 3.63) is 35.4 Å². The van der Waals surface area contributed by atoms with Crippen molar-refractivity contribution in [1.29, 1.82) is 0 Å². The number of fused-ring (bicyclic) bond motifs is 1. The summed E-state index contributed by atoms with van der Waals surface area (Å²) in [5.41, 5.74) is 1.10. The number of esters is 1. The second kappa shape index (κ2) is 8.70. The first-order valence-electron chi connectivity index (χ1n) is 9.23. The van der Waals surface area contributed by atoms with Gasteiger partial charge in [-0.25, -0.2) is 9.59 Å². The molecule has 3 amide bonds. The van der Waals surface area contributed by atoms with Gasteiger partial charge in [0, 0.05) is 11.6 Å². The predicted molar refractivity (Wildman–Crippen MR) is 99.0 cm³/mol. The van der Waals surface area contributed by atoms with Crippen LogP contribution in [0, 0.1) is 5.92 Å². The molecule has 1 aromatic carbocycles. The fourth-order valence-electron chi connectivity index (χ4n) is 3.36. The van der Waals surface area contributed by atoms with Crippen LogP contribution in [0.15, 0.2) is 29.8 Å². The van der Waals surface area contributed by atoms with Gasteiger partial charge in [0.15, 0.2) is 6.61 Å². The number of imide groups is 1. The van der Waals surface area contributed by atoms with Crippen molar-refractivity contribution in [1.82, 2.24) is 10.6 Å². The summed E-state index contributed by atoms with van der Waals surface area (Å²) in [6.07, 6.45) is 5.89. The van der Waals surface area contributed by atoms with Crippen LogP contribution in [-0.4, -0.2) is 37.2 Å². The van der Waals surface area contributed by atoms with E-state index in [1.54, 1.807) is 6.08 Å². The monoisotopic (exact) mass is 372 g/mol. The van der Waals surface area contributed by atoms with Crippen molar-refractivity contribution in [2.75, 3.05) is 13.2 Å². The average Bonchev–Trinajstić information content (AvgIpc) is 2.67. The van der Waals surface area contributed by atoms with E-state index in [1.165, 1.54) is 6.42 Å². The average molecular weight is 372 g/mol. The summed E-state index contributed by atoms with van der Waals surface area (Å²) in [6.45, 7) is 1.65. The molecule has 0 bridgehead atoms. The number of hydrogen-bond acceptors (Lipinski definition) is 5. The van der Waals surface area contributed by atoms with Crippen molar-refractivity contribution in [3.8, 4) is 5.75 Å². The van der Waals surface area contributed by atoms with E-state index in [2.05, 4.69) is 17.6 Å². The molecule has 0 saturated heterocycles. The molecule has 27 heavy (non-hydrogen) atoms. The number of amides is 3. The molecule has 7 heteroatoms. The van der Waals surface area contributed by atoms with E-state index < -0.39 is 24.5 Å². The van der Waals surface area contributed by atoms with E-state index in [4.69, 9.17) is 9.47 Å². The van der Waals surface area contributed by atoms with Crippen LogP contribution in [0.5, 0.6) is 5.75 Å². The normalized spacial score (nSPS) is 21.1. The first-order valence-corrected chi connectivity index (χ1v) is 9.23. The van der Waals surface area contributed by atoms with Gasteiger partial charge in [0.05, 0.1) is 5.57 Å². The summed E-state index contributed by atoms with van der Waals surface area (Å²) in [6, 6.07) is 6.84. The maximum absolute atomic E-state index is 12.1. The highest BCUT2D eigenvalue weighted by molar-refractivity contribution is 5.98. The summed E-state index contributed by atoms with van der Waals surface area (Å²) < 4.78 is 10.5. The second-order valence-electron chi connectivity index (χ2n) is 6.96. The fourth-order valence-corrected chi connectivity index (χ4v) is 3.36. The van der Waals surface area contributed by atoms with E-state index in [-0.39, 0.29) is 12.6 Å². The van der Waals surface area contributed by atoms with E-state index >= 15 is 0 Å². The van der Waals surface area contributed by atoms with Gasteiger partial charge in [-0.3, -0.25) is 10.1 Å². The predicted octanol–water partition coefficient (Wildman–Crippen LogP) is 2.41. The minimum Gasteiger partial charge on any atom is -0.488 e. The number of nitrogens with one attached hydrogen (secondary N) is 2. The van der Waals surface area contributed by atoms with Crippen molar-refractivity contribution < 1.29 is 23.9 Å². The molecule has 2 N–H and O–H groups in total. The number of para-hydroxylation sites is 1. The Morgan fingerprint density at radius 1 is 1.19 bits per heavy atom. The van der Waals surface area contributed by atoms with Gasteiger partial charge in [0.25, 0.3) is 5.91 Å². The minimum atomic E-state index is -0.665. The number of hydrogen-bond donors (Lipinski definition) is 2. The van der Waals surface area contributed by atoms with Crippen LogP contribution in [0.2, 0.25) is 0 Å². The largest absolute Gasteiger partial charge is 0.488 e. The molecule has 2 atom stereocenters. The standard InChI is InChI=1S/C20H24N2O5/c1-13-6-2-4-8-16(13)21-20(25)22-18(23)12-27-19(24)15-10-14-7-3-5-9-17(14)26-11-15/h3,5,7,9-10,13,16H,2,4,6,8,11-12H2,1H3,(H2,21,22,23,25)/t13-,16-/m1/s1. The van der Waals surface area contributed by atoms with Gasteiger partial charge in [-0.2, -0.15) is 0 Å². The molecule has 1 aromatic rings. The van der Waals surface area contributed by atoms with Gasteiger partial charge in [0.1, 0.15) is 12.4 Å². The molecule has 2 aliphatic rings. The Bertz CT molecular complexity index is 758. The molecule has 0 aromatic heterocycles. The Balaban J connectivity index is 1.44. The highest BCUT2D eigenvalue weighted by Gasteiger charge is 2.24. The van der Waals surface area contributed by atoms with Crippen LogP contribution < -0.4 is 15.4 Å². The molecule has 144 valence electrons. The van der Waals surface area contributed by atoms with E-state index in [0.717, 1.165) is 24.8 Å².